The van der Waals surface area contributed by atoms with E-state index in [0.29, 0.717) is 12.2 Å². The van der Waals surface area contributed by atoms with E-state index < -0.39 is 0 Å². The van der Waals surface area contributed by atoms with Gasteiger partial charge in [-0.1, -0.05) is 32.3 Å². The molecule has 1 fully saturated rings. The molecule has 0 bridgehead atoms. The molecule has 1 atom stereocenters. The first-order valence-electron chi connectivity index (χ1n) is 10.6. The second kappa shape index (κ2) is 9.82. The van der Waals surface area contributed by atoms with Gasteiger partial charge in [0, 0.05) is 31.9 Å². The van der Waals surface area contributed by atoms with Gasteiger partial charge in [-0.15, -0.1) is 0 Å². The molecule has 28 heavy (non-hydrogen) atoms. The Balaban J connectivity index is 1.59. The molecule has 0 spiro atoms. The highest BCUT2D eigenvalue weighted by Crippen LogP contribution is 2.18. The number of carbonyl (C=O) groups is 1. The van der Waals surface area contributed by atoms with Crippen molar-refractivity contribution in [2.24, 2.45) is 5.92 Å². The van der Waals surface area contributed by atoms with Crippen LogP contribution in [0.3, 0.4) is 0 Å². The number of aromatic nitrogens is 2. The van der Waals surface area contributed by atoms with Crippen LogP contribution in [0, 0.1) is 12.8 Å². The van der Waals surface area contributed by atoms with Gasteiger partial charge in [0.25, 0.3) is 5.56 Å². The van der Waals surface area contributed by atoms with Gasteiger partial charge in [0.15, 0.2) is 0 Å². The first kappa shape index (κ1) is 20.5. The standard InChI is InChI=1S/C22H32N4O2/c1-3-4-5-6-11-23-22(28)18-10-8-12-25(15-18)16-19-14-20(27)26-13-7-9-17(2)21(26)24-19/h7,9,13-14,18H,3-6,8,10-12,15-16H2,1-2H3,(H,23,28). The Morgan fingerprint density at radius 3 is 3.00 bits per heavy atom. The minimum Gasteiger partial charge on any atom is -0.356 e. The van der Waals surface area contributed by atoms with E-state index in [2.05, 4.69) is 17.1 Å². The van der Waals surface area contributed by atoms with E-state index in [9.17, 15) is 9.59 Å². The molecule has 1 N–H and O–H groups in total. The van der Waals surface area contributed by atoms with Gasteiger partial charge in [-0.25, -0.2) is 4.98 Å². The number of rotatable bonds is 8. The number of fused-ring (bicyclic) bond motifs is 1. The molecule has 152 valence electrons. The minimum atomic E-state index is -0.0536. The topological polar surface area (TPSA) is 66.7 Å². The number of nitrogens with one attached hydrogen (secondary N) is 1. The second-order valence-corrected chi connectivity index (χ2v) is 7.90. The number of carbonyl (C=O) groups excluding carboxylic acids is 1. The predicted octanol–water partition coefficient (Wildman–Crippen LogP) is 2.91. The molecule has 1 aliphatic heterocycles. The van der Waals surface area contributed by atoms with Gasteiger partial charge in [0.2, 0.25) is 5.91 Å². The molecular formula is C22H32N4O2. The molecule has 0 radical (unpaired) electrons. The average Bonchev–Trinajstić information content (AvgIpc) is 2.69. The number of nitrogens with zero attached hydrogens (tertiary/aromatic N) is 3. The molecule has 1 unspecified atom stereocenters. The fourth-order valence-electron chi connectivity index (χ4n) is 3.94. The van der Waals surface area contributed by atoms with Crippen LogP contribution in [-0.2, 0) is 11.3 Å². The highest BCUT2D eigenvalue weighted by molar-refractivity contribution is 5.78. The van der Waals surface area contributed by atoms with Gasteiger partial charge in [0.05, 0.1) is 11.6 Å². The van der Waals surface area contributed by atoms with Crippen molar-refractivity contribution in [3.8, 4) is 0 Å². The Hall–Kier alpha value is -2.21. The largest absolute Gasteiger partial charge is 0.356 e. The quantitative estimate of drug-likeness (QED) is 0.711. The molecule has 6 nitrogen and oxygen atoms in total. The zero-order valence-corrected chi connectivity index (χ0v) is 17.1. The summed E-state index contributed by atoms with van der Waals surface area (Å²) in [5.41, 5.74) is 2.42. The SMILES string of the molecule is CCCCCCNC(=O)C1CCCN(Cc2cc(=O)n3cccc(C)c3n2)C1. The first-order chi connectivity index (χ1) is 13.6. The fraction of sp³-hybridized carbons (Fsp3) is 0.591. The van der Waals surface area contributed by atoms with Crippen LogP contribution in [0.5, 0.6) is 0 Å². The summed E-state index contributed by atoms with van der Waals surface area (Å²) in [7, 11) is 0. The van der Waals surface area contributed by atoms with Crippen molar-refractivity contribution >= 4 is 11.6 Å². The molecule has 2 aromatic heterocycles. The number of amides is 1. The van der Waals surface area contributed by atoms with Crippen LogP contribution >= 0.6 is 0 Å². The summed E-state index contributed by atoms with van der Waals surface area (Å²) in [5, 5.41) is 3.10. The van der Waals surface area contributed by atoms with Gasteiger partial charge < -0.3 is 5.32 Å². The van der Waals surface area contributed by atoms with Crippen molar-refractivity contribution in [1.82, 2.24) is 19.6 Å². The normalized spacial score (nSPS) is 17.7. The lowest BCUT2D eigenvalue weighted by Gasteiger charge is -2.31. The van der Waals surface area contributed by atoms with E-state index in [1.54, 1.807) is 16.7 Å². The summed E-state index contributed by atoms with van der Waals surface area (Å²) in [6.45, 7) is 7.21. The zero-order chi connectivity index (χ0) is 19.9. The van der Waals surface area contributed by atoms with E-state index >= 15 is 0 Å². The van der Waals surface area contributed by atoms with E-state index in [4.69, 9.17) is 4.98 Å². The summed E-state index contributed by atoms with van der Waals surface area (Å²) in [6.07, 6.45) is 8.35. The van der Waals surface area contributed by atoms with Crippen molar-refractivity contribution in [1.29, 1.82) is 0 Å². The lowest BCUT2D eigenvalue weighted by molar-refractivity contribution is -0.126. The number of piperidine rings is 1. The van der Waals surface area contributed by atoms with Crippen LogP contribution in [0.1, 0.15) is 56.7 Å². The number of pyridine rings is 1. The van der Waals surface area contributed by atoms with Crippen LogP contribution in [0.25, 0.3) is 5.65 Å². The van der Waals surface area contributed by atoms with Gasteiger partial charge in [-0.2, -0.15) is 0 Å². The summed E-state index contributed by atoms with van der Waals surface area (Å²) >= 11 is 0. The van der Waals surface area contributed by atoms with Crippen molar-refractivity contribution in [2.75, 3.05) is 19.6 Å². The lowest BCUT2D eigenvalue weighted by atomic mass is 9.97. The number of hydrogen-bond acceptors (Lipinski definition) is 4. The van der Waals surface area contributed by atoms with Gasteiger partial charge >= 0.3 is 0 Å². The summed E-state index contributed by atoms with van der Waals surface area (Å²) in [5.74, 6) is 0.201. The predicted molar refractivity (Wildman–Crippen MR) is 111 cm³/mol. The highest BCUT2D eigenvalue weighted by atomic mass is 16.2. The molecule has 3 heterocycles. The molecule has 1 amide bonds. The second-order valence-electron chi connectivity index (χ2n) is 7.90. The lowest BCUT2D eigenvalue weighted by Crippen LogP contribution is -2.43. The minimum absolute atomic E-state index is 0.0308. The Labute approximate surface area is 167 Å². The Morgan fingerprint density at radius 2 is 2.18 bits per heavy atom. The van der Waals surface area contributed by atoms with Crippen LogP contribution in [0.4, 0.5) is 0 Å². The van der Waals surface area contributed by atoms with Crippen molar-refractivity contribution in [3.63, 3.8) is 0 Å². The third-order valence-electron chi connectivity index (χ3n) is 5.53. The molecule has 3 rings (SSSR count). The van der Waals surface area contributed by atoms with Crippen molar-refractivity contribution in [3.05, 3.63) is 46.0 Å². The Kier molecular flexibility index (Phi) is 7.20. The van der Waals surface area contributed by atoms with Crippen LogP contribution in [0.2, 0.25) is 0 Å². The van der Waals surface area contributed by atoms with Gasteiger partial charge in [-0.3, -0.25) is 18.9 Å². The third-order valence-corrected chi connectivity index (χ3v) is 5.53. The number of likely N-dealkylation sites (tertiary alicyclic amines) is 1. The number of aryl methyl sites for hydroxylation is 1. The number of unbranched alkanes of at least 4 members (excludes halogenated alkanes) is 3. The molecule has 1 saturated heterocycles. The average molecular weight is 385 g/mol. The fourth-order valence-corrected chi connectivity index (χ4v) is 3.94. The van der Waals surface area contributed by atoms with Crippen molar-refractivity contribution in [2.45, 2.75) is 58.9 Å². The maximum absolute atomic E-state index is 12.5. The zero-order valence-electron chi connectivity index (χ0n) is 17.1. The summed E-state index contributed by atoms with van der Waals surface area (Å²) < 4.78 is 1.59. The van der Waals surface area contributed by atoms with Crippen LogP contribution < -0.4 is 10.9 Å². The number of hydrogen-bond donors (Lipinski definition) is 1. The summed E-state index contributed by atoms with van der Waals surface area (Å²) in [4.78, 5) is 31.8. The van der Waals surface area contributed by atoms with Gasteiger partial charge in [-0.05, 0) is 44.4 Å². The highest BCUT2D eigenvalue weighted by Gasteiger charge is 2.25. The van der Waals surface area contributed by atoms with E-state index in [1.807, 2.05) is 19.1 Å². The smallest absolute Gasteiger partial charge is 0.258 e. The van der Waals surface area contributed by atoms with E-state index in [0.717, 1.165) is 50.2 Å². The molecule has 0 aliphatic carbocycles. The van der Waals surface area contributed by atoms with Crippen LogP contribution in [-0.4, -0.2) is 39.8 Å². The maximum Gasteiger partial charge on any atom is 0.258 e. The van der Waals surface area contributed by atoms with E-state index in [-0.39, 0.29) is 17.4 Å². The third kappa shape index (κ3) is 5.19. The molecule has 0 saturated carbocycles. The first-order valence-corrected chi connectivity index (χ1v) is 10.6. The maximum atomic E-state index is 12.5. The summed E-state index contributed by atoms with van der Waals surface area (Å²) in [6, 6.07) is 5.44. The Bertz CT molecular complexity index is 861. The van der Waals surface area contributed by atoms with Gasteiger partial charge in [0.1, 0.15) is 5.65 Å². The monoisotopic (exact) mass is 384 g/mol. The molecule has 1 aliphatic rings. The van der Waals surface area contributed by atoms with Crippen molar-refractivity contribution < 1.29 is 4.79 Å². The molecule has 6 heteroatoms. The van der Waals surface area contributed by atoms with E-state index in [1.165, 1.54) is 19.3 Å². The molecular weight excluding hydrogens is 352 g/mol. The molecule has 0 aromatic carbocycles. The Morgan fingerprint density at radius 1 is 1.32 bits per heavy atom. The molecule has 2 aromatic rings. The van der Waals surface area contributed by atoms with Crippen LogP contribution in [0.15, 0.2) is 29.2 Å².